The highest BCUT2D eigenvalue weighted by Gasteiger charge is 2.37. The van der Waals surface area contributed by atoms with Gasteiger partial charge in [-0.3, -0.25) is 0 Å². The summed E-state index contributed by atoms with van der Waals surface area (Å²) in [5, 5.41) is 17.2. The predicted molar refractivity (Wildman–Crippen MR) is 93.5 cm³/mol. The van der Waals surface area contributed by atoms with Gasteiger partial charge >= 0.3 is 0 Å². The van der Waals surface area contributed by atoms with Crippen LogP contribution >= 0.6 is 15.9 Å². The van der Waals surface area contributed by atoms with E-state index in [1.807, 2.05) is 12.1 Å². The first-order chi connectivity index (χ1) is 10.1. The van der Waals surface area contributed by atoms with Gasteiger partial charge in [-0.25, -0.2) is 0 Å². The van der Waals surface area contributed by atoms with Crippen molar-refractivity contribution in [2.45, 2.75) is 64.2 Å². The summed E-state index contributed by atoms with van der Waals surface area (Å²) in [6, 6.07) is 4.27. The number of methoxy groups -OCH3 is 1. The van der Waals surface area contributed by atoms with E-state index in [2.05, 4.69) is 54.3 Å². The molecule has 1 aliphatic heterocycles. The van der Waals surface area contributed by atoms with Crippen LogP contribution in [0.3, 0.4) is 0 Å². The lowest BCUT2D eigenvalue weighted by molar-refractivity contribution is 0.145. The van der Waals surface area contributed by atoms with Crippen molar-refractivity contribution in [3.05, 3.63) is 22.2 Å². The molecule has 22 heavy (non-hydrogen) atoms. The number of hydrogen-bond acceptors (Lipinski definition) is 4. The number of ether oxygens (including phenoxy) is 1. The average Bonchev–Trinajstić information content (AvgIpc) is 2.36. The number of nitrogens with one attached hydrogen (secondary N) is 2. The summed E-state index contributed by atoms with van der Waals surface area (Å²) >= 11 is 3.37. The molecule has 1 aromatic rings. The number of phenols is 1. The van der Waals surface area contributed by atoms with Gasteiger partial charge in [-0.1, -0.05) is 0 Å². The Kier molecular flexibility index (Phi) is 5.09. The zero-order chi connectivity index (χ0) is 16.5. The van der Waals surface area contributed by atoms with E-state index in [4.69, 9.17) is 4.74 Å². The van der Waals surface area contributed by atoms with Crippen LogP contribution < -0.4 is 15.4 Å². The molecule has 4 nitrogen and oxygen atoms in total. The maximum atomic E-state index is 9.88. The maximum Gasteiger partial charge on any atom is 0.172 e. The van der Waals surface area contributed by atoms with Gasteiger partial charge < -0.3 is 20.5 Å². The summed E-state index contributed by atoms with van der Waals surface area (Å²) < 4.78 is 5.87. The summed E-state index contributed by atoms with van der Waals surface area (Å²) in [7, 11) is 1.57. The van der Waals surface area contributed by atoms with Crippen LogP contribution in [0.25, 0.3) is 0 Å². The minimum atomic E-state index is 0.132. The minimum Gasteiger partial charge on any atom is -0.503 e. The molecule has 2 rings (SSSR count). The fourth-order valence-electron chi connectivity index (χ4n) is 3.61. The van der Waals surface area contributed by atoms with Crippen LogP contribution in [0.2, 0.25) is 0 Å². The lowest BCUT2D eigenvalue weighted by Crippen LogP contribution is -2.61. The second kappa shape index (κ2) is 6.38. The van der Waals surface area contributed by atoms with Crippen LogP contribution in [0.4, 0.5) is 0 Å². The summed E-state index contributed by atoms with van der Waals surface area (Å²) in [5.41, 5.74) is 1.36. The van der Waals surface area contributed by atoms with Gasteiger partial charge in [0.2, 0.25) is 0 Å². The average molecular weight is 371 g/mol. The molecule has 0 aromatic heterocycles. The maximum absolute atomic E-state index is 9.88. The highest BCUT2D eigenvalue weighted by atomic mass is 79.9. The number of rotatable bonds is 4. The molecule has 0 radical (unpaired) electrons. The van der Waals surface area contributed by atoms with Crippen LogP contribution in [-0.2, 0) is 6.54 Å². The Morgan fingerprint density at radius 1 is 1.27 bits per heavy atom. The van der Waals surface area contributed by atoms with E-state index in [0.717, 1.165) is 24.9 Å². The molecule has 1 aliphatic rings. The summed E-state index contributed by atoms with van der Waals surface area (Å²) in [5.74, 6) is 0.646. The third-order valence-corrected chi connectivity index (χ3v) is 4.70. The second-order valence-corrected chi connectivity index (χ2v) is 8.36. The quantitative estimate of drug-likeness (QED) is 0.758. The van der Waals surface area contributed by atoms with Gasteiger partial charge in [0.25, 0.3) is 0 Å². The molecule has 0 aliphatic carbocycles. The number of halogens is 1. The molecule has 0 atom stereocenters. The van der Waals surface area contributed by atoms with E-state index in [1.54, 1.807) is 7.11 Å². The van der Waals surface area contributed by atoms with E-state index >= 15 is 0 Å². The van der Waals surface area contributed by atoms with Gasteiger partial charge in [0.1, 0.15) is 0 Å². The Morgan fingerprint density at radius 2 is 1.86 bits per heavy atom. The molecule has 1 heterocycles. The standard InChI is InChI=1S/C17H27BrN2O2/c1-16(2)8-12(9-17(3,4)20-16)19-10-11-6-13(18)15(21)14(7-11)22-5/h6-7,12,19-21H,8-10H2,1-5H3. The number of phenolic OH excluding ortho intramolecular Hbond substituents is 1. The minimum absolute atomic E-state index is 0.132. The van der Waals surface area contributed by atoms with Crippen molar-refractivity contribution in [2.75, 3.05) is 7.11 Å². The number of piperidine rings is 1. The van der Waals surface area contributed by atoms with Crippen LogP contribution in [0, 0.1) is 0 Å². The van der Waals surface area contributed by atoms with Gasteiger partial charge in [0.15, 0.2) is 11.5 Å². The molecular weight excluding hydrogens is 344 g/mol. The monoisotopic (exact) mass is 370 g/mol. The molecule has 3 N–H and O–H groups in total. The second-order valence-electron chi connectivity index (χ2n) is 7.51. The zero-order valence-corrected chi connectivity index (χ0v) is 15.7. The van der Waals surface area contributed by atoms with Crippen molar-refractivity contribution in [2.24, 2.45) is 0 Å². The fraction of sp³-hybridized carbons (Fsp3) is 0.647. The largest absolute Gasteiger partial charge is 0.503 e. The summed E-state index contributed by atoms with van der Waals surface area (Å²) in [6.45, 7) is 9.77. The summed E-state index contributed by atoms with van der Waals surface area (Å²) in [4.78, 5) is 0. The van der Waals surface area contributed by atoms with Crippen LogP contribution in [-0.4, -0.2) is 29.3 Å². The van der Waals surface area contributed by atoms with Crippen molar-refractivity contribution in [1.82, 2.24) is 10.6 Å². The normalized spacial score (nSPS) is 20.8. The van der Waals surface area contributed by atoms with Gasteiger partial charge in [-0.05, 0) is 74.2 Å². The van der Waals surface area contributed by atoms with Crippen LogP contribution in [0.1, 0.15) is 46.1 Å². The molecular formula is C17H27BrN2O2. The van der Waals surface area contributed by atoms with E-state index in [9.17, 15) is 5.11 Å². The summed E-state index contributed by atoms with van der Waals surface area (Å²) in [6.07, 6.45) is 2.18. The molecule has 1 fully saturated rings. The first-order valence-corrected chi connectivity index (χ1v) is 8.49. The van der Waals surface area contributed by atoms with Crippen LogP contribution in [0.5, 0.6) is 11.5 Å². The van der Waals surface area contributed by atoms with E-state index < -0.39 is 0 Å². The van der Waals surface area contributed by atoms with Crippen molar-refractivity contribution >= 4 is 15.9 Å². The Morgan fingerprint density at radius 3 is 2.41 bits per heavy atom. The molecule has 1 aromatic carbocycles. The Balaban J connectivity index is 2.05. The lowest BCUT2D eigenvalue weighted by Gasteiger charge is -2.46. The van der Waals surface area contributed by atoms with Crippen molar-refractivity contribution in [3.63, 3.8) is 0 Å². The number of benzene rings is 1. The Hall–Kier alpha value is -0.780. The van der Waals surface area contributed by atoms with E-state index in [1.165, 1.54) is 0 Å². The third kappa shape index (κ3) is 4.37. The highest BCUT2D eigenvalue weighted by molar-refractivity contribution is 9.10. The van der Waals surface area contributed by atoms with Crippen molar-refractivity contribution in [1.29, 1.82) is 0 Å². The smallest absolute Gasteiger partial charge is 0.172 e. The lowest BCUT2D eigenvalue weighted by atomic mass is 9.79. The van der Waals surface area contributed by atoms with E-state index in [-0.39, 0.29) is 16.8 Å². The molecule has 1 saturated heterocycles. The molecule has 0 bridgehead atoms. The topological polar surface area (TPSA) is 53.5 Å². The van der Waals surface area contributed by atoms with Crippen molar-refractivity contribution in [3.8, 4) is 11.5 Å². The van der Waals surface area contributed by atoms with Gasteiger partial charge in [-0.15, -0.1) is 0 Å². The number of hydrogen-bond donors (Lipinski definition) is 3. The Bertz CT molecular complexity index is 528. The van der Waals surface area contributed by atoms with Gasteiger partial charge in [0.05, 0.1) is 11.6 Å². The highest BCUT2D eigenvalue weighted by Crippen LogP contribution is 2.35. The first kappa shape index (κ1) is 17.6. The molecule has 5 heteroatoms. The molecule has 0 amide bonds. The van der Waals surface area contributed by atoms with E-state index in [0.29, 0.717) is 16.3 Å². The van der Waals surface area contributed by atoms with Gasteiger partial charge in [-0.2, -0.15) is 0 Å². The van der Waals surface area contributed by atoms with Crippen molar-refractivity contribution < 1.29 is 9.84 Å². The molecule has 0 unspecified atom stereocenters. The number of aromatic hydroxyl groups is 1. The predicted octanol–water partition coefficient (Wildman–Crippen LogP) is 3.56. The third-order valence-electron chi connectivity index (χ3n) is 4.09. The molecule has 124 valence electrons. The zero-order valence-electron chi connectivity index (χ0n) is 14.1. The Labute approximate surface area is 141 Å². The first-order valence-electron chi connectivity index (χ1n) is 7.70. The van der Waals surface area contributed by atoms with Crippen LogP contribution in [0.15, 0.2) is 16.6 Å². The molecule has 0 spiro atoms. The SMILES string of the molecule is COc1cc(CNC2CC(C)(C)NC(C)(C)C2)cc(Br)c1O. The fourth-order valence-corrected chi connectivity index (χ4v) is 4.10. The van der Waals surface area contributed by atoms with Gasteiger partial charge in [0, 0.05) is 23.7 Å². The molecule has 0 saturated carbocycles.